The summed E-state index contributed by atoms with van der Waals surface area (Å²) < 4.78 is 7.28. The number of aromatic nitrogens is 4. The first-order valence-electron chi connectivity index (χ1n) is 8.16. The van der Waals surface area contributed by atoms with Crippen LogP contribution >= 0.6 is 11.8 Å². The second-order valence-corrected chi connectivity index (χ2v) is 6.87. The molecule has 1 aliphatic rings. The molecule has 0 aliphatic carbocycles. The van der Waals surface area contributed by atoms with Crippen molar-refractivity contribution in [1.82, 2.24) is 25.1 Å². The van der Waals surface area contributed by atoms with Gasteiger partial charge in [-0.3, -0.25) is 4.79 Å². The van der Waals surface area contributed by atoms with Gasteiger partial charge in [0, 0.05) is 13.1 Å². The van der Waals surface area contributed by atoms with Gasteiger partial charge in [-0.25, -0.2) is 0 Å². The average Bonchev–Trinajstić information content (AvgIpc) is 3.26. The van der Waals surface area contributed by atoms with E-state index in [0.717, 1.165) is 31.6 Å². The summed E-state index contributed by atoms with van der Waals surface area (Å²) in [6.07, 6.45) is 2.17. The Morgan fingerprint density at radius 1 is 1.33 bits per heavy atom. The highest BCUT2D eigenvalue weighted by Gasteiger charge is 2.26. The van der Waals surface area contributed by atoms with Crippen molar-refractivity contribution in [2.75, 3.05) is 19.7 Å². The average molecular weight is 347 g/mol. The number of carbonyl (C=O) groups excluding carboxylic acids is 1. The number of hydrogen-bond donors (Lipinski definition) is 0. The van der Waals surface area contributed by atoms with Gasteiger partial charge in [0.05, 0.1) is 11.9 Å². The van der Waals surface area contributed by atoms with E-state index in [-0.39, 0.29) is 11.2 Å². The number of carbonyl (C=O) groups is 1. The number of nitrogens with zero attached hydrogens (tertiary/aromatic N) is 5. The maximum atomic E-state index is 12.5. The SMILES string of the molecule is CCOc1ccccc1-n1nnnc1SC(C)C(=O)N1CCCC1. The molecule has 1 aromatic heterocycles. The molecule has 0 bridgehead atoms. The van der Waals surface area contributed by atoms with Crippen LogP contribution in [0, 0.1) is 0 Å². The Labute approximate surface area is 145 Å². The summed E-state index contributed by atoms with van der Waals surface area (Å²) in [5, 5.41) is 12.3. The fraction of sp³-hybridized carbons (Fsp3) is 0.500. The minimum atomic E-state index is -0.230. The van der Waals surface area contributed by atoms with Gasteiger partial charge >= 0.3 is 0 Å². The molecule has 2 aromatic rings. The third-order valence-corrected chi connectivity index (χ3v) is 4.90. The maximum absolute atomic E-state index is 12.5. The fourth-order valence-electron chi connectivity index (χ4n) is 2.72. The van der Waals surface area contributed by atoms with Crippen molar-refractivity contribution in [2.24, 2.45) is 0 Å². The number of thioether (sulfide) groups is 1. The van der Waals surface area contributed by atoms with Crippen LogP contribution in [0.3, 0.4) is 0 Å². The van der Waals surface area contributed by atoms with Crippen LogP contribution < -0.4 is 4.74 Å². The minimum Gasteiger partial charge on any atom is -0.492 e. The predicted octanol–water partition coefficient (Wildman–Crippen LogP) is 2.16. The predicted molar refractivity (Wildman–Crippen MR) is 91.5 cm³/mol. The number of hydrogen-bond acceptors (Lipinski definition) is 6. The van der Waals surface area contributed by atoms with Crippen molar-refractivity contribution in [3.63, 3.8) is 0 Å². The highest BCUT2D eigenvalue weighted by atomic mass is 32.2. The summed E-state index contributed by atoms with van der Waals surface area (Å²) in [6.45, 7) is 6.09. The van der Waals surface area contributed by atoms with Gasteiger partial charge in [0.1, 0.15) is 11.4 Å². The lowest BCUT2D eigenvalue weighted by Crippen LogP contribution is -2.34. The summed E-state index contributed by atoms with van der Waals surface area (Å²) in [6, 6.07) is 7.60. The van der Waals surface area contributed by atoms with Gasteiger partial charge in [0.25, 0.3) is 0 Å². The Kier molecular flexibility index (Phi) is 5.34. The second kappa shape index (κ2) is 7.65. The molecular weight excluding hydrogens is 326 g/mol. The third-order valence-electron chi connectivity index (χ3n) is 3.88. The molecule has 1 aliphatic heterocycles. The van der Waals surface area contributed by atoms with Gasteiger partial charge < -0.3 is 9.64 Å². The molecule has 0 radical (unpaired) electrons. The number of ether oxygens (including phenoxy) is 1. The second-order valence-electron chi connectivity index (χ2n) is 5.57. The van der Waals surface area contributed by atoms with Gasteiger partial charge in [-0.2, -0.15) is 4.68 Å². The zero-order valence-electron chi connectivity index (χ0n) is 13.9. The molecule has 7 nitrogen and oxygen atoms in total. The monoisotopic (exact) mass is 347 g/mol. The molecule has 0 N–H and O–H groups in total. The van der Waals surface area contributed by atoms with E-state index in [0.29, 0.717) is 17.5 Å². The van der Waals surface area contributed by atoms with Gasteiger partial charge in [-0.05, 0) is 49.2 Å². The Balaban J connectivity index is 1.79. The van der Waals surface area contributed by atoms with Crippen LogP contribution in [-0.2, 0) is 4.79 Å². The van der Waals surface area contributed by atoms with Crippen molar-refractivity contribution in [1.29, 1.82) is 0 Å². The first-order valence-corrected chi connectivity index (χ1v) is 9.04. The first-order chi connectivity index (χ1) is 11.7. The van der Waals surface area contributed by atoms with Crippen molar-refractivity contribution >= 4 is 17.7 Å². The van der Waals surface area contributed by atoms with E-state index < -0.39 is 0 Å². The van der Waals surface area contributed by atoms with E-state index in [1.165, 1.54) is 11.8 Å². The highest BCUT2D eigenvalue weighted by Crippen LogP contribution is 2.29. The highest BCUT2D eigenvalue weighted by molar-refractivity contribution is 8.00. The summed E-state index contributed by atoms with van der Waals surface area (Å²) >= 11 is 1.37. The number of amides is 1. The largest absolute Gasteiger partial charge is 0.492 e. The quantitative estimate of drug-likeness (QED) is 0.746. The summed E-state index contributed by atoms with van der Waals surface area (Å²) in [5.41, 5.74) is 0.771. The lowest BCUT2D eigenvalue weighted by atomic mass is 10.3. The van der Waals surface area contributed by atoms with Crippen LogP contribution in [0.1, 0.15) is 26.7 Å². The number of tetrazole rings is 1. The topological polar surface area (TPSA) is 73.1 Å². The van der Waals surface area contributed by atoms with E-state index in [2.05, 4.69) is 15.5 Å². The lowest BCUT2D eigenvalue weighted by Gasteiger charge is -2.19. The Hall–Kier alpha value is -2.09. The van der Waals surface area contributed by atoms with Crippen LogP contribution in [0.2, 0.25) is 0 Å². The zero-order valence-corrected chi connectivity index (χ0v) is 14.7. The zero-order chi connectivity index (χ0) is 16.9. The van der Waals surface area contributed by atoms with Crippen molar-refractivity contribution < 1.29 is 9.53 Å². The molecule has 128 valence electrons. The Bertz CT molecular complexity index is 699. The van der Waals surface area contributed by atoms with E-state index in [1.54, 1.807) is 4.68 Å². The molecular formula is C16H21N5O2S. The van der Waals surface area contributed by atoms with E-state index >= 15 is 0 Å². The molecule has 0 spiro atoms. The van der Waals surface area contributed by atoms with Crippen LogP contribution in [0.4, 0.5) is 0 Å². The van der Waals surface area contributed by atoms with Crippen LogP contribution in [0.15, 0.2) is 29.4 Å². The molecule has 8 heteroatoms. The van der Waals surface area contributed by atoms with Gasteiger partial charge in [-0.1, -0.05) is 23.9 Å². The summed E-state index contributed by atoms with van der Waals surface area (Å²) in [5.74, 6) is 0.859. The third kappa shape index (κ3) is 3.53. The smallest absolute Gasteiger partial charge is 0.235 e. The van der Waals surface area contributed by atoms with Crippen LogP contribution in [0.25, 0.3) is 5.69 Å². The van der Waals surface area contributed by atoms with Gasteiger partial charge in [-0.15, -0.1) is 5.10 Å². The molecule has 1 aromatic carbocycles. The summed E-state index contributed by atoms with van der Waals surface area (Å²) in [7, 11) is 0. The number of likely N-dealkylation sites (tertiary alicyclic amines) is 1. The molecule has 1 unspecified atom stereocenters. The van der Waals surface area contributed by atoms with E-state index in [4.69, 9.17) is 4.74 Å². The standard InChI is InChI=1S/C16H21N5O2S/c1-3-23-14-9-5-4-8-13(14)21-16(17-18-19-21)24-12(2)15(22)20-10-6-7-11-20/h4-5,8-9,12H,3,6-7,10-11H2,1-2H3. The van der Waals surface area contributed by atoms with Crippen molar-refractivity contribution in [3.8, 4) is 11.4 Å². The van der Waals surface area contributed by atoms with Crippen LogP contribution in [0.5, 0.6) is 5.75 Å². The van der Waals surface area contributed by atoms with E-state index in [1.807, 2.05) is 43.0 Å². The number of benzene rings is 1. The Morgan fingerprint density at radius 3 is 2.83 bits per heavy atom. The first kappa shape index (κ1) is 16.8. The van der Waals surface area contributed by atoms with Gasteiger partial charge in [0.15, 0.2) is 0 Å². The molecule has 24 heavy (non-hydrogen) atoms. The normalized spacial score (nSPS) is 15.5. The molecule has 1 atom stereocenters. The molecule has 3 rings (SSSR count). The number of para-hydroxylation sites is 2. The maximum Gasteiger partial charge on any atom is 0.235 e. The molecule has 1 amide bonds. The minimum absolute atomic E-state index is 0.144. The van der Waals surface area contributed by atoms with Crippen molar-refractivity contribution in [3.05, 3.63) is 24.3 Å². The van der Waals surface area contributed by atoms with E-state index in [9.17, 15) is 4.79 Å². The summed E-state index contributed by atoms with van der Waals surface area (Å²) in [4.78, 5) is 14.4. The fourth-order valence-corrected chi connectivity index (χ4v) is 3.60. The van der Waals surface area contributed by atoms with Crippen LogP contribution in [-0.4, -0.2) is 56.0 Å². The lowest BCUT2D eigenvalue weighted by molar-refractivity contribution is -0.129. The molecule has 2 heterocycles. The molecule has 1 saturated heterocycles. The van der Waals surface area contributed by atoms with Crippen molar-refractivity contribution in [2.45, 2.75) is 37.1 Å². The Morgan fingerprint density at radius 2 is 2.08 bits per heavy atom. The molecule has 0 saturated carbocycles. The van der Waals surface area contributed by atoms with Gasteiger partial charge in [0.2, 0.25) is 11.1 Å². The molecule has 1 fully saturated rings. The number of rotatable bonds is 6.